The van der Waals surface area contributed by atoms with Crippen molar-refractivity contribution in [1.29, 1.82) is 0 Å². The summed E-state index contributed by atoms with van der Waals surface area (Å²) < 4.78 is 24.2. The van der Waals surface area contributed by atoms with E-state index in [9.17, 15) is 9.18 Å². The van der Waals surface area contributed by atoms with Gasteiger partial charge in [0.1, 0.15) is 11.9 Å². The molecule has 1 amide bonds. The SMILES string of the molecule is O=C(N[C@@H]1CCO[C@H]1c1ccc(Cl)c(F)c1)c1ccco1. The molecule has 110 valence electrons. The van der Waals surface area contributed by atoms with Gasteiger partial charge in [0.25, 0.3) is 5.91 Å². The number of hydrogen-bond donors (Lipinski definition) is 1. The summed E-state index contributed by atoms with van der Waals surface area (Å²) in [6.07, 6.45) is 1.70. The normalized spacial score (nSPS) is 21.4. The highest BCUT2D eigenvalue weighted by molar-refractivity contribution is 6.30. The van der Waals surface area contributed by atoms with E-state index in [4.69, 9.17) is 20.8 Å². The van der Waals surface area contributed by atoms with E-state index in [0.717, 1.165) is 0 Å². The summed E-state index contributed by atoms with van der Waals surface area (Å²) in [6, 6.07) is 7.52. The third kappa shape index (κ3) is 2.94. The highest BCUT2D eigenvalue weighted by Crippen LogP contribution is 2.31. The molecule has 0 aliphatic carbocycles. The van der Waals surface area contributed by atoms with Gasteiger partial charge in [-0.1, -0.05) is 17.7 Å². The van der Waals surface area contributed by atoms with Crippen molar-refractivity contribution in [1.82, 2.24) is 5.32 Å². The first-order valence-corrected chi connectivity index (χ1v) is 6.94. The summed E-state index contributed by atoms with van der Waals surface area (Å²) in [5.41, 5.74) is 0.652. The van der Waals surface area contributed by atoms with Crippen LogP contribution in [0.1, 0.15) is 28.6 Å². The number of carbonyl (C=O) groups excluding carboxylic acids is 1. The molecule has 6 heteroatoms. The monoisotopic (exact) mass is 309 g/mol. The number of benzene rings is 1. The van der Waals surface area contributed by atoms with Crippen LogP contribution >= 0.6 is 11.6 Å². The van der Waals surface area contributed by atoms with Crippen LogP contribution in [0.15, 0.2) is 41.0 Å². The second-order valence-electron chi connectivity index (χ2n) is 4.81. The molecular weight excluding hydrogens is 297 g/mol. The van der Waals surface area contributed by atoms with Crippen LogP contribution in [0, 0.1) is 5.82 Å². The van der Waals surface area contributed by atoms with Gasteiger partial charge < -0.3 is 14.5 Å². The lowest BCUT2D eigenvalue weighted by Gasteiger charge is -2.20. The van der Waals surface area contributed by atoms with Gasteiger partial charge in [0.05, 0.1) is 17.3 Å². The lowest BCUT2D eigenvalue weighted by atomic mass is 10.0. The van der Waals surface area contributed by atoms with Crippen LogP contribution in [0.5, 0.6) is 0 Å². The van der Waals surface area contributed by atoms with Crippen molar-refractivity contribution in [2.75, 3.05) is 6.61 Å². The molecule has 2 atom stereocenters. The van der Waals surface area contributed by atoms with E-state index in [1.54, 1.807) is 18.2 Å². The van der Waals surface area contributed by atoms with Gasteiger partial charge in [-0.3, -0.25) is 4.79 Å². The molecule has 1 saturated heterocycles. The maximum absolute atomic E-state index is 13.6. The van der Waals surface area contributed by atoms with Gasteiger partial charge >= 0.3 is 0 Å². The quantitative estimate of drug-likeness (QED) is 0.946. The molecule has 21 heavy (non-hydrogen) atoms. The van der Waals surface area contributed by atoms with Crippen molar-refractivity contribution >= 4 is 17.5 Å². The molecule has 1 N–H and O–H groups in total. The Morgan fingerprint density at radius 1 is 1.38 bits per heavy atom. The minimum atomic E-state index is -0.499. The predicted octanol–water partition coefficient (Wildman–Crippen LogP) is 3.33. The van der Waals surface area contributed by atoms with Gasteiger partial charge in [-0.05, 0) is 36.2 Å². The first kappa shape index (κ1) is 14.1. The Balaban J connectivity index is 1.76. The maximum Gasteiger partial charge on any atom is 0.287 e. The van der Waals surface area contributed by atoms with Gasteiger partial charge in [-0.25, -0.2) is 4.39 Å². The van der Waals surface area contributed by atoms with Crippen LogP contribution in [0.2, 0.25) is 5.02 Å². The van der Waals surface area contributed by atoms with E-state index >= 15 is 0 Å². The fourth-order valence-corrected chi connectivity index (χ4v) is 2.52. The zero-order valence-corrected chi connectivity index (χ0v) is 11.8. The van der Waals surface area contributed by atoms with Crippen LogP contribution in [0.3, 0.4) is 0 Å². The average Bonchev–Trinajstić information content (AvgIpc) is 3.13. The number of rotatable bonds is 3. The highest BCUT2D eigenvalue weighted by atomic mass is 35.5. The van der Waals surface area contributed by atoms with Crippen molar-refractivity contribution in [3.63, 3.8) is 0 Å². The van der Waals surface area contributed by atoms with Crippen molar-refractivity contribution in [2.24, 2.45) is 0 Å². The fraction of sp³-hybridized carbons (Fsp3) is 0.267. The fourth-order valence-electron chi connectivity index (χ4n) is 2.40. The van der Waals surface area contributed by atoms with Crippen LogP contribution in [-0.2, 0) is 4.74 Å². The second kappa shape index (κ2) is 5.87. The molecular formula is C15H13ClFNO3. The minimum Gasteiger partial charge on any atom is -0.459 e. The van der Waals surface area contributed by atoms with E-state index in [2.05, 4.69) is 5.32 Å². The summed E-state index contributed by atoms with van der Waals surface area (Å²) in [5.74, 6) is -0.571. The Labute approximate surface area is 125 Å². The number of amides is 1. The predicted molar refractivity (Wildman–Crippen MR) is 74.7 cm³/mol. The van der Waals surface area contributed by atoms with Crippen LogP contribution in [0.25, 0.3) is 0 Å². The number of furan rings is 1. The molecule has 2 aromatic rings. The zero-order valence-electron chi connectivity index (χ0n) is 11.0. The third-order valence-corrected chi connectivity index (χ3v) is 3.73. The van der Waals surface area contributed by atoms with Crippen molar-refractivity contribution < 1.29 is 18.3 Å². The molecule has 4 nitrogen and oxygen atoms in total. The smallest absolute Gasteiger partial charge is 0.287 e. The third-order valence-electron chi connectivity index (χ3n) is 3.43. The van der Waals surface area contributed by atoms with E-state index in [1.165, 1.54) is 18.4 Å². The standard InChI is InChI=1S/C15H13ClFNO3/c16-10-4-3-9(8-11(10)17)14-12(5-7-21-14)18-15(19)13-2-1-6-20-13/h1-4,6,8,12,14H,5,7H2,(H,18,19)/t12-,14+/m1/s1. The summed E-state index contributed by atoms with van der Waals surface area (Å²) in [6.45, 7) is 0.498. The molecule has 0 unspecified atom stereocenters. The van der Waals surface area contributed by atoms with Gasteiger partial charge in [0.2, 0.25) is 0 Å². The van der Waals surface area contributed by atoms with Crippen molar-refractivity contribution in [3.8, 4) is 0 Å². The summed E-state index contributed by atoms with van der Waals surface area (Å²) >= 11 is 5.68. The molecule has 0 bridgehead atoms. The molecule has 0 spiro atoms. The Morgan fingerprint density at radius 3 is 2.95 bits per heavy atom. The zero-order chi connectivity index (χ0) is 14.8. The molecule has 3 rings (SSSR count). The largest absolute Gasteiger partial charge is 0.459 e. The molecule has 1 aromatic carbocycles. The Bertz CT molecular complexity index is 644. The topological polar surface area (TPSA) is 51.5 Å². The maximum atomic E-state index is 13.6. The lowest BCUT2D eigenvalue weighted by molar-refractivity contribution is 0.0801. The first-order valence-electron chi connectivity index (χ1n) is 6.56. The molecule has 1 aliphatic rings. The number of carbonyl (C=O) groups is 1. The van der Waals surface area contributed by atoms with E-state index in [-0.39, 0.29) is 22.7 Å². The van der Waals surface area contributed by atoms with Crippen molar-refractivity contribution in [3.05, 3.63) is 58.8 Å². The van der Waals surface area contributed by atoms with Gasteiger partial charge in [-0.15, -0.1) is 0 Å². The Morgan fingerprint density at radius 2 is 2.24 bits per heavy atom. The van der Waals surface area contributed by atoms with Crippen LogP contribution in [0.4, 0.5) is 4.39 Å². The summed E-state index contributed by atoms with van der Waals surface area (Å²) in [4.78, 5) is 12.0. The van der Waals surface area contributed by atoms with E-state index in [0.29, 0.717) is 18.6 Å². The highest BCUT2D eigenvalue weighted by Gasteiger charge is 2.32. The molecule has 1 fully saturated rings. The van der Waals surface area contributed by atoms with Crippen molar-refractivity contribution in [2.45, 2.75) is 18.6 Å². The number of hydrogen-bond acceptors (Lipinski definition) is 3. The van der Waals surface area contributed by atoms with Gasteiger partial charge in [0.15, 0.2) is 5.76 Å². The minimum absolute atomic E-state index is 0.0629. The molecule has 0 radical (unpaired) electrons. The van der Waals surface area contributed by atoms with E-state index in [1.807, 2.05) is 0 Å². The Kier molecular flexibility index (Phi) is 3.94. The Hall–Kier alpha value is -1.85. The second-order valence-corrected chi connectivity index (χ2v) is 5.22. The first-order chi connectivity index (χ1) is 10.1. The number of halogens is 2. The molecule has 1 aliphatic heterocycles. The number of nitrogens with one attached hydrogen (secondary N) is 1. The summed E-state index contributed by atoms with van der Waals surface area (Å²) in [5, 5.41) is 2.91. The number of ether oxygens (including phenoxy) is 1. The lowest BCUT2D eigenvalue weighted by Crippen LogP contribution is -2.36. The van der Waals surface area contributed by atoms with Gasteiger partial charge in [0, 0.05) is 6.61 Å². The van der Waals surface area contributed by atoms with Gasteiger partial charge in [-0.2, -0.15) is 0 Å². The van der Waals surface area contributed by atoms with E-state index < -0.39 is 11.9 Å². The van der Waals surface area contributed by atoms with Crippen LogP contribution in [-0.4, -0.2) is 18.6 Å². The molecule has 2 heterocycles. The molecule has 1 aromatic heterocycles. The molecule has 0 saturated carbocycles. The summed E-state index contributed by atoms with van der Waals surface area (Å²) in [7, 11) is 0. The van der Waals surface area contributed by atoms with Crippen LogP contribution < -0.4 is 5.32 Å². The average molecular weight is 310 g/mol.